The van der Waals surface area contributed by atoms with Gasteiger partial charge in [-0.15, -0.1) is 0 Å². The Labute approximate surface area is 121 Å². The van der Waals surface area contributed by atoms with E-state index < -0.39 is 10.0 Å². The second-order valence-corrected chi connectivity index (χ2v) is 7.40. The maximum absolute atomic E-state index is 12.8. The van der Waals surface area contributed by atoms with Gasteiger partial charge in [0.05, 0.1) is 23.9 Å². The number of morpholine rings is 1. The third-order valence-electron chi connectivity index (χ3n) is 3.25. The Morgan fingerprint density at radius 2 is 1.95 bits per heavy atom. The van der Waals surface area contributed by atoms with Gasteiger partial charge >= 0.3 is 0 Å². The van der Waals surface area contributed by atoms with Crippen LogP contribution in [0.2, 0.25) is 0 Å². The van der Waals surface area contributed by atoms with Gasteiger partial charge in [0.15, 0.2) is 0 Å². The predicted molar refractivity (Wildman–Crippen MR) is 76.2 cm³/mol. The topological polar surface area (TPSA) is 72.4 Å². The van der Waals surface area contributed by atoms with Gasteiger partial charge in [0, 0.05) is 13.1 Å². The Bertz CT molecular complexity index is 718. The summed E-state index contributed by atoms with van der Waals surface area (Å²) in [5.74, 6) is 0. The molecule has 0 aliphatic carbocycles. The van der Waals surface area contributed by atoms with Crippen molar-refractivity contribution in [1.82, 2.24) is 13.1 Å². The molecule has 3 rings (SSSR count). The molecular formula is C12H15N3O3S2. The van der Waals surface area contributed by atoms with E-state index in [2.05, 4.69) is 8.75 Å². The van der Waals surface area contributed by atoms with Gasteiger partial charge in [0.1, 0.15) is 15.9 Å². The average Bonchev–Trinajstić information content (AvgIpc) is 2.85. The smallest absolute Gasteiger partial charge is 0.245 e. The van der Waals surface area contributed by atoms with E-state index in [0.717, 1.165) is 11.7 Å². The van der Waals surface area contributed by atoms with E-state index in [1.165, 1.54) is 4.31 Å². The molecule has 1 aliphatic rings. The van der Waals surface area contributed by atoms with Crippen LogP contribution in [0.25, 0.3) is 11.0 Å². The van der Waals surface area contributed by atoms with Gasteiger partial charge in [-0.3, -0.25) is 0 Å². The van der Waals surface area contributed by atoms with Gasteiger partial charge in [0.2, 0.25) is 10.0 Å². The number of hydrogen-bond donors (Lipinski definition) is 0. The van der Waals surface area contributed by atoms with Crippen molar-refractivity contribution in [2.45, 2.75) is 31.0 Å². The first-order chi connectivity index (χ1) is 9.48. The van der Waals surface area contributed by atoms with E-state index in [4.69, 9.17) is 4.74 Å². The molecule has 0 unspecified atom stereocenters. The molecule has 1 aliphatic heterocycles. The Morgan fingerprint density at radius 3 is 2.65 bits per heavy atom. The number of benzene rings is 1. The number of rotatable bonds is 2. The third kappa shape index (κ3) is 2.32. The van der Waals surface area contributed by atoms with Crippen molar-refractivity contribution >= 4 is 32.8 Å². The molecule has 8 heteroatoms. The third-order valence-corrected chi connectivity index (χ3v) is 5.66. The van der Waals surface area contributed by atoms with Crippen molar-refractivity contribution in [1.29, 1.82) is 0 Å². The molecule has 0 bridgehead atoms. The van der Waals surface area contributed by atoms with Crippen molar-refractivity contribution in [3.05, 3.63) is 18.2 Å². The average molecular weight is 313 g/mol. The fourth-order valence-electron chi connectivity index (χ4n) is 2.46. The number of sulfonamides is 1. The van der Waals surface area contributed by atoms with E-state index in [1.807, 2.05) is 13.8 Å². The quantitative estimate of drug-likeness (QED) is 0.840. The summed E-state index contributed by atoms with van der Waals surface area (Å²) in [4.78, 5) is 0.227. The zero-order valence-electron chi connectivity index (χ0n) is 11.2. The van der Waals surface area contributed by atoms with Crippen molar-refractivity contribution in [2.75, 3.05) is 13.1 Å². The molecule has 0 amide bonds. The van der Waals surface area contributed by atoms with Crippen molar-refractivity contribution < 1.29 is 13.2 Å². The number of aromatic nitrogens is 2. The van der Waals surface area contributed by atoms with Crippen LogP contribution in [0.15, 0.2) is 23.1 Å². The molecule has 6 nitrogen and oxygen atoms in total. The van der Waals surface area contributed by atoms with Crippen molar-refractivity contribution in [3.8, 4) is 0 Å². The molecule has 0 N–H and O–H groups in total. The minimum Gasteiger partial charge on any atom is -0.373 e. The number of hydrogen-bond acceptors (Lipinski definition) is 6. The van der Waals surface area contributed by atoms with E-state index in [-0.39, 0.29) is 17.1 Å². The highest BCUT2D eigenvalue weighted by atomic mass is 32.2. The highest BCUT2D eigenvalue weighted by molar-refractivity contribution is 7.89. The standard InChI is InChI=1S/C12H15N3O3S2/c1-8-6-15(7-9(2)18-8)20(16,17)11-5-3-4-10-12(11)14-19-13-10/h3-5,8-9H,6-7H2,1-2H3/t8-,9-/m1/s1. The Kier molecular flexibility index (Phi) is 3.49. The Balaban J connectivity index is 2.05. The van der Waals surface area contributed by atoms with Crippen LogP contribution in [0.5, 0.6) is 0 Å². The summed E-state index contributed by atoms with van der Waals surface area (Å²) in [5, 5.41) is 0. The number of fused-ring (bicyclic) bond motifs is 1. The Morgan fingerprint density at radius 1 is 1.25 bits per heavy atom. The van der Waals surface area contributed by atoms with Gasteiger partial charge in [0.25, 0.3) is 0 Å². The largest absolute Gasteiger partial charge is 0.373 e. The summed E-state index contributed by atoms with van der Waals surface area (Å²) >= 11 is 1.02. The van der Waals surface area contributed by atoms with Crippen LogP contribution in [0.1, 0.15) is 13.8 Å². The first-order valence-corrected chi connectivity index (χ1v) is 8.52. The molecule has 1 fully saturated rings. The maximum Gasteiger partial charge on any atom is 0.245 e. The lowest BCUT2D eigenvalue weighted by Crippen LogP contribution is -2.48. The SMILES string of the molecule is C[C@@H]1CN(S(=O)(=O)c2cccc3nsnc23)C[C@@H](C)O1. The normalized spacial score (nSPS) is 25.1. The lowest BCUT2D eigenvalue weighted by molar-refractivity contribution is -0.0440. The first kappa shape index (κ1) is 13.9. The molecule has 1 aromatic heterocycles. The van der Waals surface area contributed by atoms with Gasteiger partial charge < -0.3 is 4.74 Å². The van der Waals surface area contributed by atoms with Crippen LogP contribution >= 0.6 is 11.7 Å². The van der Waals surface area contributed by atoms with Crippen LogP contribution in [-0.4, -0.2) is 46.8 Å². The molecule has 2 heterocycles. The molecule has 2 atom stereocenters. The fourth-order valence-corrected chi connectivity index (χ4v) is 4.80. The van der Waals surface area contributed by atoms with E-state index in [1.54, 1.807) is 18.2 Å². The van der Waals surface area contributed by atoms with Gasteiger partial charge in [-0.2, -0.15) is 13.1 Å². The summed E-state index contributed by atoms with van der Waals surface area (Å²) < 4.78 is 40.9. The van der Waals surface area contributed by atoms with E-state index in [9.17, 15) is 8.42 Å². The van der Waals surface area contributed by atoms with Crippen molar-refractivity contribution in [3.63, 3.8) is 0 Å². The van der Waals surface area contributed by atoms with E-state index in [0.29, 0.717) is 24.1 Å². The zero-order chi connectivity index (χ0) is 14.3. The highest BCUT2D eigenvalue weighted by Gasteiger charge is 2.33. The Hall–Kier alpha value is -1.09. The predicted octanol–water partition coefficient (Wildman–Crippen LogP) is 1.49. The minimum absolute atomic E-state index is 0.110. The van der Waals surface area contributed by atoms with Crippen LogP contribution < -0.4 is 0 Å². The van der Waals surface area contributed by atoms with Crippen molar-refractivity contribution in [2.24, 2.45) is 0 Å². The first-order valence-electron chi connectivity index (χ1n) is 6.35. The molecular weight excluding hydrogens is 298 g/mol. The molecule has 2 aromatic rings. The highest BCUT2D eigenvalue weighted by Crippen LogP contribution is 2.26. The van der Waals surface area contributed by atoms with Crippen LogP contribution in [0.3, 0.4) is 0 Å². The molecule has 108 valence electrons. The van der Waals surface area contributed by atoms with Gasteiger partial charge in [-0.1, -0.05) is 6.07 Å². The summed E-state index contributed by atoms with van der Waals surface area (Å²) in [6, 6.07) is 5.05. The zero-order valence-corrected chi connectivity index (χ0v) is 12.8. The molecule has 0 spiro atoms. The van der Waals surface area contributed by atoms with Gasteiger partial charge in [-0.25, -0.2) is 8.42 Å². The summed E-state index contributed by atoms with van der Waals surface area (Å²) in [6.07, 6.45) is -0.220. The monoisotopic (exact) mass is 313 g/mol. The summed E-state index contributed by atoms with van der Waals surface area (Å²) in [7, 11) is -3.57. The molecule has 1 saturated heterocycles. The number of nitrogens with zero attached hydrogens (tertiary/aromatic N) is 3. The summed E-state index contributed by atoms with van der Waals surface area (Å²) in [5.41, 5.74) is 1.06. The molecule has 1 aromatic carbocycles. The minimum atomic E-state index is -3.57. The second-order valence-electron chi connectivity index (χ2n) is 4.97. The van der Waals surface area contributed by atoms with Gasteiger partial charge in [-0.05, 0) is 26.0 Å². The number of ether oxygens (including phenoxy) is 1. The molecule has 20 heavy (non-hydrogen) atoms. The summed E-state index contributed by atoms with van der Waals surface area (Å²) in [6.45, 7) is 4.48. The molecule has 0 saturated carbocycles. The maximum atomic E-state index is 12.8. The van der Waals surface area contributed by atoms with Crippen LogP contribution in [-0.2, 0) is 14.8 Å². The molecule has 0 radical (unpaired) electrons. The van der Waals surface area contributed by atoms with Crippen LogP contribution in [0.4, 0.5) is 0 Å². The fraction of sp³-hybridized carbons (Fsp3) is 0.500. The lowest BCUT2D eigenvalue weighted by atomic mass is 10.3. The second kappa shape index (κ2) is 5.03. The van der Waals surface area contributed by atoms with E-state index >= 15 is 0 Å². The lowest BCUT2D eigenvalue weighted by Gasteiger charge is -2.34. The van der Waals surface area contributed by atoms with Crippen LogP contribution in [0, 0.1) is 0 Å².